The van der Waals surface area contributed by atoms with Crippen molar-refractivity contribution in [1.29, 1.82) is 0 Å². The summed E-state index contributed by atoms with van der Waals surface area (Å²) in [5.74, 6) is 0. The molecule has 0 atom stereocenters. The van der Waals surface area contributed by atoms with Gasteiger partial charge in [-0.05, 0) is 0 Å². The van der Waals surface area contributed by atoms with E-state index in [0.717, 1.165) is 1.45 Å². The van der Waals surface area contributed by atoms with Crippen molar-refractivity contribution in [2.45, 2.75) is 35.1 Å². The Morgan fingerprint density at radius 3 is 1.00 bits per heavy atom. The molecule has 0 aromatic carbocycles. The van der Waals surface area contributed by atoms with Gasteiger partial charge in [0.1, 0.15) is 0 Å². The molecule has 0 aromatic rings. The molecule has 0 amide bonds. The molecule has 0 heterocycles. The van der Waals surface area contributed by atoms with Gasteiger partial charge in [-0.3, -0.25) is 0 Å². The van der Waals surface area contributed by atoms with Gasteiger partial charge < -0.3 is 0 Å². The SMILES string of the molecule is [CH3][Sn]([CH3])[C](C)(C)[Sn]([CH3])[CH3]. The van der Waals surface area contributed by atoms with Crippen molar-refractivity contribution >= 4 is 39.5 Å². The summed E-state index contributed by atoms with van der Waals surface area (Å²) in [7, 11) is 0. The van der Waals surface area contributed by atoms with Crippen LogP contribution in [-0.2, 0) is 0 Å². The van der Waals surface area contributed by atoms with Gasteiger partial charge in [-0.15, -0.1) is 0 Å². The van der Waals surface area contributed by atoms with Crippen LogP contribution >= 0.6 is 0 Å². The molecule has 54 valence electrons. The quantitative estimate of drug-likeness (QED) is 0.679. The van der Waals surface area contributed by atoms with E-state index in [4.69, 9.17) is 0 Å². The molecule has 0 aromatic heterocycles. The molecule has 2 heteroatoms. The Kier molecular flexibility index (Phi) is 4.52. The van der Waals surface area contributed by atoms with Crippen LogP contribution in [0.1, 0.15) is 13.8 Å². The molecular formula is C7H18Sn2. The predicted octanol–water partition coefficient (Wildman–Crippen LogP) is 2.81. The van der Waals surface area contributed by atoms with Crippen molar-refractivity contribution in [2.24, 2.45) is 0 Å². The van der Waals surface area contributed by atoms with E-state index in [1.165, 1.54) is 0 Å². The van der Waals surface area contributed by atoms with Crippen LogP contribution in [0.5, 0.6) is 0 Å². The van der Waals surface area contributed by atoms with E-state index in [2.05, 4.69) is 33.6 Å². The summed E-state index contributed by atoms with van der Waals surface area (Å²) in [5.41, 5.74) is 0. The van der Waals surface area contributed by atoms with Crippen LogP contribution in [0.25, 0.3) is 0 Å². The second-order valence-corrected chi connectivity index (χ2v) is 26.2. The van der Waals surface area contributed by atoms with Gasteiger partial charge in [0.05, 0.1) is 0 Å². The van der Waals surface area contributed by atoms with Crippen molar-refractivity contribution in [3.8, 4) is 0 Å². The first-order valence-corrected chi connectivity index (χ1v) is 17.8. The van der Waals surface area contributed by atoms with E-state index < -0.39 is 39.5 Å². The Balaban J connectivity index is 4.01. The molecular weight excluding hydrogens is 321 g/mol. The maximum absolute atomic E-state index is 2.54. The normalized spacial score (nSPS) is 13.3. The zero-order valence-electron chi connectivity index (χ0n) is 7.50. The third kappa shape index (κ3) is 3.00. The Hall–Kier alpha value is 1.60. The van der Waals surface area contributed by atoms with Gasteiger partial charge in [-0.2, -0.15) is 0 Å². The average molecular weight is 340 g/mol. The fraction of sp³-hybridized carbons (Fsp3) is 1.00. The van der Waals surface area contributed by atoms with E-state index >= 15 is 0 Å². The summed E-state index contributed by atoms with van der Waals surface area (Å²) in [6.45, 7) is 5.02. The molecule has 0 nitrogen and oxygen atoms in total. The molecule has 0 saturated heterocycles. The molecule has 9 heavy (non-hydrogen) atoms. The van der Waals surface area contributed by atoms with Crippen molar-refractivity contribution in [1.82, 2.24) is 0 Å². The molecule has 0 bridgehead atoms. The van der Waals surface area contributed by atoms with Crippen LogP contribution in [-0.4, -0.2) is 39.5 Å². The Morgan fingerprint density at radius 1 is 0.778 bits per heavy atom. The summed E-state index contributed by atoms with van der Waals surface area (Å²) in [4.78, 5) is 10.1. The van der Waals surface area contributed by atoms with Gasteiger partial charge in [-0.1, -0.05) is 0 Å². The van der Waals surface area contributed by atoms with E-state index in [1.54, 1.807) is 0 Å². The molecule has 0 rings (SSSR count). The Labute approximate surface area is 73.9 Å². The van der Waals surface area contributed by atoms with Gasteiger partial charge in [0.25, 0.3) is 0 Å². The summed E-state index contributed by atoms with van der Waals surface area (Å²) < 4.78 is 0.893. The van der Waals surface area contributed by atoms with Crippen LogP contribution in [0.2, 0.25) is 21.2 Å². The first kappa shape index (κ1) is 10.6. The first-order valence-electron chi connectivity index (χ1n) is 3.50. The summed E-state index contributed by atoms with van der Waals surface area (Å²) in [6, 6.07) is 0. The fourth-order valence-electron chi connectivity index (χ4n) is 0.500. The molecule has 0 spiro atoms. The molecule has 2 radical (unpaired) electrons. The minimum atomic E-state index is -0.860. The minimum absolute atomic E-state index is 0.860. The number of hydrogen-bond donors (Lipinski definition) is 0. The molecule has 0 N–H and O–H groups in total. The van der Waals surface area contributed by atoms with Crippen LogP contribution in [0.15, 0.2) is 0 Å². The van der Waals surface area contributed by atoms with Crippen LogP contribution in [0, 0.1) is 0 Å². The summed E-state index contributed by atoms with van der Waals surface area (Å²) in [6.07, 6.45) is 0. The second kappa shape index (κ2) is 3.84. The average Bonchev–Trinajstić information content (AvgIpc) is 1.65. The van der Waals surface area contributed by atoms with Crippen molar-refractivity contribution in [2.75, 3.05) is 0 Å². The zero-order chi connectivity index (χ0) is 7.65. The third-order valence-corrected chi connectivity index (χ3v) is 35.9. The van der Waals surface area contributed by atoms with Crippen LogP contribution in [0.3, 0.4) is 0 Å². The van der Waals surface area contributed by atoms with Gasteiger partial charge in [0.2, 0.25) is 0 Å². The van der Waals surface area contributed by atoms with Gasteiger partial charge >= 0.3 is 74.6 Å². The van der Waals surface area contributed by atoms with Gasteiger partial charge in [0, 0.05) is 0 Å². The van der Waals surface area contributed by atoms with E-state index in [0.29, 0.717) is 0 Å². The van der Waals surface area contributed by atoms with Crippen LogP contribution in [0.4, 0.5) is 0 Å². The van der Waals surface area contributed by atoms with E-state index in [-0.39, 0.29) is 0 Å². The van der Waals surface area contributed by atoms with Gasteiger partial charge in [0.15, 0.2) is 0 Å². The third-order valence-electron chi connectivity index (χ3n) is 2.50. The first-order chi connectivity index (χ1) is 3.89. The zero-order valence-corrected chi connectivity index (χ0v) is 13.2. The fourth-order valence-corrected chi connectivity index (χ4v) is 22.5. The summed E-state index contributed by atoms with van der Waals surface area (Å²) in [5, 5.41) is 0. The van der Waals surface area contributed by atoms with Crippen molar-refractivity contribution in [3.63, 3.8) is 0 Å². The Bertz CT molecular complexity index is 74.9. The monoisotopic (exact) mass is 342 g/mol. The molecule has 0 saturated carbocycles. The van der Waals surface area contributed by atoms with Crippen molar-refractivity contribution in [3.05, 3.63) is 0 Å². The maximum atomic E-state index is 2.54. The molecule has 0 fully saturated rings. The predicted molar refractivity (Wildman–Crippen MR) is 49.0 cm³/mol. The number of rotatable bonds is 2. The Morgan fingerprint density at radius 2 is 1.00 bits per heavy atom. The standard InChI is InChI=1S/C3H6.4CH3.2Sn/c1-3-2;;;;;;/h1-2H3;4*1H3;;. The molecule has 0 unspecified atom stereocenters. The topological polar surface area (TPSA) is 0 Å². The summed E-state index contributed by atoms with van der Waals surface area (Å²) >= 11 is -1.72. The van der Waals surface area contributed by atoms with Crippen LogP contribution < -0.4 is 0 Å². The molecule has 0 aliphatic heterocycles. The second-order valence-electron chi connectivity index (χ2n) is 3.62. The molecule has 0 aliphatic rings. The van der Waals surface area contributed by atoms with Crippen molar-refractivity contribution < 1.29 is 0 Å². The van der Waals surface area contributed by atoms with E-state index in [9.17, 15) is 0 Å². The number of hydrogen-bond acceptors (Lipinski definition) is 0. The van der Waals surface area contributed by atoms with Gasteiger partial charge in [-0.25, -0.2) is 0 Å². The molecule has 0 aliphatic carbocycles. The van der Waals surface area contributed by atoms with E-state index in [1.807, 2.05) is 0 Å².